The molecule has 4 nitrogen and oxygen atoms in total. The maximum atomic E-state index is 11.1. The quantitative estimate of drug-likeness (QED) is 0.771. The van der Waals surface area contributed by atoms with E-state index in [1.807, 2.05) is 49.2 Å². The molecule has 2 rings (SSSR count). The Bertz CT molecular complexity index is 555. The van der Waals surface area contributed by atoms with E-state index in [1.54, 1.807) is 12.3 Å². The van der Waals surface area contributed by atoms with Crippen LogP contribution in [0.2, 0.25) is 0 Å². The first-order valence-corrected chi connectivity index (χ1v) is 6.13. The first-order valence-electron chi connectivity index (χ1n) is 6.13. The largest absolute Gasteiger partial charge is 0.491 e. The van der Waals surface area contributed by atoms with E-state index >= 15 is 0 Å². The summed E-state index contributed by atoms with van der Waals surface area (Å²) in [5.41, 5.74) is 1.37. The van der Waals surface area contributed by atoms with Crippen LogP contribution < -0.4 is 9.64 Å². The highest BCUT2D eigenvalue weighted by atomic mass is 16.5. The number of nitrogens with zero attached hydrogens (tertiary/aromatic N) is 2. The first-order chi connectivity index (χ1) is 9.27. The van der Waals surface area contributed by atoms with Crippen LogP contribution in [-0.2, 0) is 0 Å². The van der Waals surface area contributed by atoms with Crippen LogP contribution in [0.3, 0.4) is 0 Å². The van der Waals surface area contributed by atoms with Gasteiger partial charge in [-0.25, -0.2) is 4.98 Å². The summed E-state index contributed by atoms with van der Waals surface area (Å²) in [5.74, 6) is 1.39. The molecular formula is C15H16N2O2. The number of ether oxygens (including phenoxy) is 1. The SMILES string of the molecule is CCOc1c(C=O)cccc1N(C)c1ccccn1. The van der Waals surface area contributed by atoms with Crippen molar-refractivity contribution in [3.63, 3.8) is 0 Å². The zero-order valence-electron chi connectivity index (χ0n) is 11.0. The molecule has 0 saturated heterocycles. The van der Waals surface area contributed by atoms with Gasteiger partial charge in [-0.3, -0.25) is 4.79 Å². The highest BCUT2D eigenvalue weighted by molar-refractivity contribution is 5.85. The summed E-state index contributed by atoms with van der Waals surface area (Å²) < 4.78 is 5.60. The molecule has 1 aromatic carbocycles. The number of rotatable bonds is 5. The van der Waals surface area contributed by atoms with Crippen LogP contribution in [0.25, 0.3) is 0 Å². The van der Waals surface area contributed by atoms with Crippen LogP contribution in [0.1, 0.15) is 17.3 Å². The smallest absolute Gasteiger partial charge is 0.153 e. The fourth-order valence-electron chi connectivity index (χ4n) is 1.88. The third kappa shape index (κ3) is 2.73. The number of aldehydes is 1. The van der Waals surface area contributed by atoms with E-state index in [2.05, 4.69) is 4.98 Å². The Balaban J connectivity index is 2.46. The zero-order chi connectivity index (χ0) is 13.7. The van der Waals surface area contributed by atoms with Gasteiger partial charge in [-0.1, -0.05) is 12.1 Å². The molecule has 0 spiro atoms. The fraction of sp³-hybridized carbons (Fsp3) is 0.200. The van der Waals surface area contributed by atoms with Crippen LogP contribution in [-0.4, -0.2) is 24.9 Å². The molecule has 0 aliphatic carbocycles. The lowest BCUT2D eigenvalue weighted by atomic mass is 10.1. The summed E-state index contributed by atoms with van der Waals surface area (Å²) in [4.78, 5) is 17.3. The molecule has 0 unspecified atom stereocenters. The number of carbonyl (C=O) groups excluding carboxylic acids is 1. The molecule has 0 aliphatic heterocycles. The standard InChI is InChI=1S/C15H16N2O2/c1-3-19-15-12(11-18)7-6-8-13(15)17(2)14-9-4-5-10-16-14/h4-11H,3H2,1-2H3. The van der Waals surface area contributed by atoms with Gasteiger partial charge in [-0.05, 0) is 31.2 Å². The van der Waals surface area contributed by atoms with Gasteiger partial charge in [0.15, 0.2) is 12.0 Å². The molecule has 1 heterocycles. The molecule has 0 saturated carbocycles. The third-order valence-electron chi connectivity index (χ3n) is 2.79. The number of pyridine rings is 1. The highest BCUT2D eigenvalue weighted by Crippen LogP contribution is 2.34. The van der Waals surface area contributed by atoms with Gasteiger partial charge < -0.3 is 9.64 Å². The van der Waals surface area contributed by atoms with Crippen LogP contribution in [0.4, 0.5) is 11.5 Å². The molecule has 0 bridgehead atoms. The number of carbonyl (C=O) groups is 1. The molecule has 2 aromatic rings. The van der Waals surface area contributed by atoms with Crippen molar-refractivity contribution < 1.29 is 9.53 Å². The lowest BCUT2D eigenvalue weighted by Gasteiger charge is -2.22. The number of hydrogen-bond acceptors (Lipinski definition) is 4. The van der Waals surface area contributed by atoms with Crippen LogP contribution in [0, 0.1) is 0 Å². The van der Waals surface area contributed by atoms with Crippen molar-refractivity contribution in [1.29, 1.82) is 0 Å². The molecule has 19 heavy (non-hydrogen) atoms. The Morgan fingerprint density at radius 2 is 2.11 bits per heavy atom. The monoisotopic (exact) mass is 256 g/mol. The number of benzene rings is 1. The Kier molecular flexibility index (Phi) is 4.13. The molecule has 0 N–H and O–H groups in total. The van der Waals surface area contributed by atoms with Crippen LogP contribution in [0.5, 0.6) is 5.75 Å². The van der Waals surface area contributed by atoms with Crippen LogP contribution >= 0.6 is 0 Å². The van der Waals surface area contributed by atoms with Crippen molar-refractivity contribution in [2.75, 3.05) is 18.6 Å². The number of anilines is 2. The molecule has 0 aliphatic rings. The Morgan fingerprint density at radius 3 is 2.74 bits per heavy atom. The number of aromatic nitrogens is 1. The van der Waals surface area contributed by atoms with E-state index in [0.29, 0.717) is 17.9 Å². The van der Waals surface area contributed by atoms with Crippen molar-refractivity contribution in [3.05, 3.63) is 48.2 Å². The summed E-state index contributed by atoms with van der Waals surface area (Å²) in [5, 5.41) is 0. The Labute approximate surface area is 112 Å². The van der Waals surface area contributed by atoms with Crippen molar-refractivity contribution >= 4 is 17.8 Å². The molecule has 0 fully saturated rings. The third-order valence-corrected chi connectivity index (χ3v) is 2.79. The van der Waals surface area contributed by atoms with Gasteiger partial charge >= 0.3 is 0 Å². The second-order valence-corrected chi connectivity index (χ2v) is 3.99. The molecule has 98 valence electrons. The van der Waals surface area contributed by atoms with E-state index in [-0.39, 0.29) is 0 Å². The number of para-hydroxylation sites is 1. The zero-order valence-corrected chi connectivity index (χ0v) is 11.0. The van der Waals surface area contributed by atoms with E-state index in [9.17, 15) is 4.79 Å². The normalized spacial score (nSPS) is 10.0. The van der Waals surface area contributed by atoms with Crippen molar-refractivity contribution in [1.82, 2.24) is 4.98 Å². The average molecular weight is 256 g/mol. The molecule has 0 radical (unpaired) electrons. The van der Waals surface area contributed by atoms with E-state index in [0.717, 1.165) is 17.8 Å². The average Bonchev–Trinajstić information content (AvgIpc) is 2.48. The van der Waals surface area contributed by atoms with Gasteiger partial charge in [0.05, 0.1) is 17.9 Å². The minimum Gasteiger partial charge on any atom is -0.491 e. The van der Waals surface area contributed by atoms with Gasteiger partial charge in [0, 0.05) is 13.2 Å². The lowest BCUT2D eigenvalue weighted by Crippen LogP contribution is -2.13. The topological polar surface area (TPSA) is 42.4 Å². The molecular weight excluding hydrogens is 240 g/mol. The summed E-state index contributed by atoms with van der Waals surface area (Å²) in [6, 6.07) is 11.2. The van der Waals surface area contributed by atoms with Gasteiger partial charge in [0.25, 0.3) is 0 Å². The maximum absolute atomic E-state index is 11.1. The van der Waals surface area contributed by atoms with Gasteiger partial charge in [-0.2, -0.15) is 0 Å². The minimum atomic E-state index is 0.508. The Morgan fingerprint density at radius 1 is 1.26 bits per heavy atom. The predicted molar refractivity (Wildman–Crippen MR) is 75.3 cm³/mol. The fourth-order valence-corrected chi connectivity index (χ4v) is 1.88. The summed E-state index contributed by atoms with van der Waals surface area (Å²) in [7, 11) is 1.90. The lowest BCUT2D eigenvalue weighted by molar-refractivity contribution is 0.112. The summed E-state index contributed by atoms with van der Waals surface area (Å²) in [6.45, 7) is 2.40. The van der Waals surface area contributed by atoms with E-state index < -0.39 is 0 Å². The second kappa shape index (κ2) is 6.00. The Hall–Kier alpha value is -2.36. The van der Waals surface area contributed by atoms with Crippen LogP contribution in [0.15, 0.2) is 42.6 Å². The van der Waals surface area contributed by atoms with Crippen molar-refractivity contribution in [3.8, 4) is 5.75 Å². The highest BCUT2D eigenvalue weighted by Gasteiger charge is 2.14. The first kappa shape index (κ1) is 13.1. The predicted octanol–water partition coefficient (Wildman–Crippen LogP) is 3.06. The van der Waals surface area contributed by atoms with Crippen molar-refractivity contribution in [2.45, 2.75) is 6.92 Å². The minimum absolute atomic E-state index is 0.508. The van der Waals surface area contributed by atoms with Gasteiger partial charge in [-0.15, -0.1) is 0 Å². The van der Waals surface area contributed by atoms with E-state index in [4.69, 9.17) is 4.74 Å². The molecule has 0 atom stereocenters. The molecule has 0 amide bonds. The summed E-state index contributed by atoms with van der Waals surface area (Å²) >= 11 is 0. The number of hydrogen-bond donors (Lipinski definition) is 0. The van der Waals surface area contributed by atoms with Gasteiger partial charge in [0.1, 0.15) is 5.82 Å². The maximum Gasteiger partial charge on any atom is 0.153 e. The second-order valence-electron chi connectivity index (χ2n) is 3.99. The molecule has 1 aromatic heterocycles. The van der Waals surface area contributed by atoms with E-state index in [1.165, 1.54) is 0 Å². The van der Waals surface area contributed by atoms with Gasteiger partial charge in [0.2, 0.25) is 0 Å². The summed E-state index contributed by atoms with van der Waals surface area (Å²) in [6.07, 6.45) is 2.54. The molecule has 4 heteroatoms. The van der Waals surface area contributed by atoms with Crippen molar-refractivity contribution in [2.24, 2.45) is 0 Å².